The highest BCUT2D eigenvalue weighted by molar-refractivity contribution is 7.99. The van der Waals surface area contributed by atoms with Crippen LogP contribution >= 0.6 is 11.8 Å². The molecule has 3 aromatic rings. The minimum Gasteiger partial charge on any atom is -0.435 e. The van der Waals surface area contributed by atoms with Crippen LogP contribution in [-0.4, -0.2) is 38.7 Å². The molecule has 1 saturated heterocycles. The number of hydrogen-bond donors (Lipinski definition) is 1. The zero-order valence-electron chi connectivity index (χ0n) is 18.9. The SMILES string of the molecule is CC1(NC(=O)c2ccc3c(c2)n(C2CCCC2)c(=O)n3-c2cccc(OC(F)F)c2)CCSC1. The zero-order valence-corrected chi connectivity index (χ0v) is 19.7. The molecule has 1 unspecified atom stereocenters. The van der Waals surface area contributed by atoms with Gasteiger partial charge < -0.3 is 10.1 Å². The van der Waals surface area contributed by atoms with Crippen molar-refractivity contribution >= 4 is 28.7 Å². The van der Waals surface area contributed by atoms with Gasteiger partial charge in [0.05, 0.1) is 16.7 Å². The number of benzene rings is 2. The van der Waals surface area contributed by atoms with Gasteiger partial charge in [-0.25, -0.2) is 4.79 Å². The van der Waals surface area contributed by atoms with Crippen LogP contribution in [0.1, 0.15) is 55.4 Å². The van der Waals surface area contributed by atoms with Gasteiger partial charge in [-0.1, -0.05) is 18.9 Å². The molecule has 34 heavy (non-hydrogen) atoms. The first-order valence-electron chi connectivity index (χ1n) is 11.6. The van der Waals surface area contributed by atoms with Crippen LogP contribution in [0.3, 0.4) is 0 Å². The largest absolute Gasteiger partial charge is 0.435 e. The molecule has 2 heterocycles. The molecule has 1 aliphatic heterocycles. The summed E-state index contributed by atoms with van der Waals surface area (Å²) in [4.78, 5) is 26.7. The molecular formula is C25H27F2N3O3S. The molecule has 1 N–H and O–H groups in total. The maximum Gasteiger partial charge on any atom is 0.387 e. The number of imidazole rings is 1. The average Bonchev–Trinajstić information content (AvgIpc) is 3.52. The molecule has 2 fully saturated rings. The van der Waals surface area contributed by atoms with Crippen LogP contribution in [0.25, 0.3) is 16.7 Å². The monoisotopic (exact) mass is 487 g/mol. The first kappa shape index (κ1) is 23.0. The number of nitrogens with one attached hydrogen (secondary N) is 1. The average molecular weight is 488 g/mol. The topological polar surface area (TPSA) is 65.3 Å². The number of halogens is 2. The van der Waals surface area contributed by atoms with Gasteiger partial charge in [0, 0.05) is 29.0 Å². The Kier molecular flexibility index (Phi) is 6.14. The third-order valence-electron chi connectivity index (χ3n) is 6.76. The van der Waals surface area contributed by atoms with Crippen LogP contribution in [0, 0.1) is 0 Å². The van der Waals surface area contributed by atoms with E-state index in [2.05, 4.69) is 17.0 Å². The fraction of sp³-hybridized carbons (Fsp3) is 0.440. The summed E-state index contributed by atoms with van der Waals surface area (Å²) in [6.07, 6.45) is 4.78. The molecule has 0 radical (unpaired) electrons. The molecule has 9 heteroatoms. The number of hydrogen-bond acceptors (Lipinski definition) is 4. The second-order valence-electron chi connectivity index (χ2n) is 9.32. The van der Waals surface area contributed by atoms with E-state index in [9.17, 15) is 18.4 Å². The van der Waals surface area contributed by atoms with Gasteiger partial charge in [-0.2, -0.15) is 20.5 Å². The van der Waals surface area contributed by atoms with E-state index in [0.717, 1.165) is 43.6 Å². The predicted octanol–water partition coefficient (Wildman–Crippen LogP) is 5.13. The van der Waals surface area contributed by atoms with Crippen molar-refractivity contribution in [3.8, 4) is 11.4 Å². The zero-order chi connectivity index (χ0) is 23.9. The lowest BCUT2D eigenvalue weighted by molar-refractivity contribution is -0.0498. The summed E-state index contributed by atoms with van der Waals surface area (Å²) in [5.41, 5.74) is 1.77. The number of rotatable bonds is 6. The number of aromatic nitrogens is 2. The van der Waals surface area contributed by atoms with Gasteiger partial charge in [-0.05, 0) is 62.3 Å². The third kappa shape index (κ3) is 4.33. The molecule has 2 aromatic carbocycles. The van der Waals surface area contributed by atoms with E-state index in [1.54, 1.807) is 34.9 Å². The molecule has 0 spiro atoms. The molecule has 2 aliphatic rings. The number of nitrogens with zero attached hydrogens (tertiary/aromatic N) is 2. The predicted molar refractivity (Wildman–Crippen MR) is 129 cm³/mol. The van der Waals surface area contributed by atoms with Crippen LogP contribution in [0.15, 0.2) is 47.3 Å². The summed E-state index contributed by atoms with van der Waals surface area (Å²) in [6, 6.07) is 11.5. The Bertz CT molecular complexity index is 1270. The molecule has 1 aliphatic carbocycles. The van der Waals surface area contributed by atoms with Gasteiger partial charge in [0.2, 0.25) is 0 Å². The van der Waals surface area contributed by atoms with Crippen molar-refractivity contribution < 1.29 is 18.3 Å². The van der Waals surface area contributed by atoms with E-state index < -0.39 is 6.61 Å². The van der Waals surface area contributed by atoms with Crippen molar-refractivity contribution in [1.82, 2.24) is 14.5 Å². The van der Waals surface area contributed by atoms with Gasteiger partial charge in [0.25, 0.3) is 5.91 Å². The molecule has 1 saturated carbocycles. The highest BCUT2D eigenvalue weighted by atomic mass is 32.2. The Labute approximate surface area is 200 Å². The molecule has 1 aromatic heterocycles. The van der Waals surface area contributed by atoms with Crippen LogP contribution in [-0.2, 0) is 0 Å². The number of thioether (sulfide) groups is 1. The molecule has 1 amide bonds. The Morgan fingerprint density at radius 1 is 1.18 bits per heavy atom. The Morgan fingerprint density at radius 2 is 1.97 bits per heavy atom. The number of carbonyl (C=O) groups is 1. The maximum absolute atomic E-state index is 13.7. The van der Waals surface area contributed by atoms with Gasteiger partial charge in [-0.3, -0.25) is 13.9 Å². The van der Waals surface area contributed by atoms with E-state index in [1.165, 1.54) is 16.7 Å². The smallest absolute Gasteiger partial charge is 0.387 e. The highest BCUT2D eigenvalue weighted by Gasteiger charge is 2.31. The second kappa shape index (κ2) is 9.09. The fourth-order valence-corrected chi connectivity index (χ4v) is 6.44. The normalized spacial score (nSPS) is 20.9. The number of fused-ring (bicyclic) bond motifs is 1. The van der Waals surface area contributed by atoms with E-state index in [4.69, 9.17) is 0 Å². The molecular weight excluding hydrogens is 460 g/mol. The van der Waals surface area contributed by atoms with Crippen molar-refractivity contribution in [2.45, 2.75) is 57.2 Å². The summed E-state index contributed by atoms with van der Waals surface area (Å²) >= 11 is 1.83. The van der Waals surface area contributed by atoms with Crippen molar-refractivity contribution in [2.24, 2.45) is 0 Å². The maximum atomic E-state index is 13.7. The molecule has 180 valence electrons. The highest BCUT2D eigenvalue weighted by Crippen LogP contribution is 2.33. The summed E-state index contributed by atoms with van der Waals surface area (Å²) in [5.74, 6) is 1.73. The summed E-state index contributed by atoms with van der Waals surface area (Å²) < 4.78 is 33.3. The number of ether oxygens (including phenoxy) is 1. The van der Waals surface area contributed by atoms with Crippen LogP contribution in [0.4, 0.5) is 8.78 Å². The van der Waals surface area contributed by atoms with Crippen LogP contribution in [0.2, 0.25) is 0 Å². The fourth-order valence-electron chi connectivity index (χ4n) is 5.04. The van der Waals surface area contributed by atoms with Crippen LogP contribution in [0.5, 0.6) is 5.75 Å². The molecule has 5 rings (SSSR count). The van der Waals surface area contributed by atoms with Crippen molar-refractivity contribution in [1.29, 1.82) is 0 Å². The standard InChI is InChI=1S/C25H27F2N3O3S/c1-25(11-12-34-15-25)28-22(31)16-9-10-20-21(13-16)29(17-5-2-3-6-17)24(32)30(20)18-7-4-8-19(14-18)33-23(26)27/h4,7-10,13-14,17,23H,2-3,5-6,11-12,15H2,1H3,(H,28,31). The van der Waals surface area contributed by atoms with Crippen molar-refractivity contribution in [2.75, 3.05) is 11.5 Å². The first-order chi connectivity index (χ1) is 16.3. The lowest BCUT2D eigenvalue weighted by atomic mass is 10.0. The summed E-state index contributed by atoms with van der Waals surface area (Å²) in [5, 5.41) is 3.16. The Hall–Kier alpha value is -2.81. The van der Waals surface area contributed by atoms with Crippen molar-refractivity contribution in [3.05, 3.63) is 58.5 Å². The molecule has 1 atom stereocenters. The van der Waals surface area contributed by atoms with Gasteiger partial charge in [0.1, 0.15) is 5.75 Å². The van der Waals surface area contributed by atoms with Gasteiger partial charge in [0.15, 0.2) is 0 Å². The van der Waals surface area contributed by atoms with E-state index in [0.29, 0.717) is 22.3 Å². The van der Waals surface area contributed by atoms with Gasteiger partial charge in [-0.15, -0.1) is 0 Å². The molecule has 0 bridgehead atoms. The van der Waals surface area contributed by atoms with Crippen molar-refractivity contribution in [3.63, 3.8) is 0 Å². The van der Waals surface area contributed by atoms with Crippen LogP contribution < -0.4 is 15.7 Å². The quantitative estimate of drug-likeness (QED) is 0.523. The van der Waals surface area contributed by atoms with E-state index in [-0.39, 0.29) is 28.9 Å². The summed E-state index contributed by atoms with van der Waals surface area (Å²) in [6.45, 7) is -0.893. The second-order valence-corrected chi connectivity index (χ2v) is 10.4. The Morgan fingerprint density at radius 3 is 2.68 bits per heavy atom. The lowest BCUT2D eigenvalue weighted by Crippen LogP contribution is -2.45. The van der Waals surface area contributed by atoms with E-state index in [1.807, 2.05) is 11.8 Å². The minimum atomic E-state index is -2.95. The van der Waals surface area contributed by atoms with E-state index >= 15 is 0 Å². The molecule has 6 nitrogen and oxygen atoms in total. The minimum absolute atomic E-state index is 0.0140. The first-order valence-corrected chi connectivity index (χ1v) is 12.7. The number of carbonyl (C=O) groups excluding carboxylic acids is 1. The summed E-state index contributed by atoms with van der Waals surface area (Å²) in [7, 11) is 0. The third-order valence-corrected chi connectivity index (χ3v) is 8.09. The Balaban J connectivity index is 1.61. The lowest BCUT2D eigenvalue weighted by Gasteiger charge is -2.24. The number of alkyl halides is 2. The number of amides is 1. The van der Waals surface area contributed by atoms with Gasteiger partial charge >= 0.3 is 12.3 Å².